The summed E-state index contributed by atoms with van der Waals surface area (Å²) in [5, 5.41) is 0.428. The Morgan fingerprint density at radius 3 is 2.11 bits per heavy atom. The van der Waals surface area contributed by atoms with Gasteiger partial charge in [-0.15, -0.1) is 11.3 Å². The number of nitrogens with two attached hydrogens (primary N) is 1. The molecule has 100 valence electrons. The number of hydrogen-bond acceptors (Lipinski definition) is 4. The summed E-state index contributed by atoms with van der Waals surface area (Å²) in [6.45, 7) is 7.32. The van der Waals surface area contributed by atoms with Crippen molar-refractivity contribution in [2.45, 2.75) is 27.7 Å². The van der Waals surface area contributed by atoms with E-state index >= 15 is 0 Å². The highest BCUT2D eigenvalue weighted by Crippen LogP contribution is 2.35. The molecule has 18 heavy (non-hydrogen) atoms. The maximum atomic E-state index is 12.3. The molecule has 2 N–H and O–H groups in total. The fourth-order valence-electron chi connectivity index (χ4n) is 1.60. The van der Waals surface area contributed by atoms with Gasteiger partial charge in [-0.25, -0.2) is 0 Å². The summed E-state index contributed by atoms with van der Waals surface area (Å²) >= 11 is 1.19. The van der Waals surface area contributed by atoms with E-state index in [0.717, 1.165) is 0 Å². The van der Waals surface area contributed by atoms with E-state index in [4.69, 9.17) is 5.73 Å². The lowest BCUT2D eigenvalue weighted by molar-refractivity contribution is 0.0831. The van der Waals surface area contributed by atoms with Gasteiger partial charge in [-0.3, -0.25) is 9.59 Å². The molecule has 0 atom stereocenters. The van der Waals surface area contributed by atoms with Gasteiger partial charge in [0.15, 0.2) is 5.78 Å². The molecule has 1 rings (SSSR count). The van der Waals surface area contributed by atoms with Crippen LogP contribution in [0.1, 0.15) is 46.4 Å². The van der Waals surface area contributed by atoms with Crippen molar-refractivity contribution in [1.82, 2.24) is 4.90 Å². The third kappa shape index (κ3) is 2.56. The van der Waals surface area contributed by atoms with Crippen LogP contribution < -0.4 is 5.73 Å². The second-order valence-corrected chi connectivity index (χ2v) is 6.63. The molecule has 1 aromatic heterocycles. The zero-order valence-electron chi connectivity index (χ0n) is 11.7. The van der Waals surface area contributed by atoms with E-state index in [1.165, 1.54) is 16.2 Å². The van der Waals surface area contributed by atoms with Crippen LogP contribution in [0.4, 0.5) is 5.00 Å². The molecular weight excluding hydrogens is 248 g/mol. The van der Waals surface area contributed by atoms with E-state index < -0.39 is 5.41 Å². The zero-order valence-corrected chi connectivity index (χ0v) is 12.6. The molecule has 0 fully saturated rings. The molecule has 0 aliphatic heterocycles. The van der Waals surface area contributed by atoms with Crippen molar-refractivity contribution < 1.29 is 9.59 Å². The maximum Gasteiger partial charge on any atom is 0.263 e. The van der Waals surface area contributed by atoms with E-state index in [0.29, 0.717) is 21.0 Å². The standard InChI is InChI=1S/C13H20N2O2S/c1-7-8(10(16)13(2,3)4)11(14)18-9(7)12(17)15(5)6/h14H2,1-6H3. The lowest BCUT2D eigenvalue weighted by Crippen LogP contribution is -2.23. The van der Waals surface area contributed by atoms with Crippen LogP contribution in [-0.2, 0) is 0 Å². The molecule has 0 aliphatic carbocycles. The Bertz CT molecular complexity index is 496. The SMILES string of the molecule is Cc1c(C(=O)N(C)C)sc(N)c1C(=O)C(C)(C)C. The van der Waals surface area contributed by atoms with Gasteiger partial charge in [0.1, 0.15) is 0 Å². The Kier molecular flexibility index (Phi) is 3.86. The first-order valence-electron chi connectivity index (χ1n) is 5.72. The molecule has 0 aliphatic rings. The van der Waals surface area contributed by atoms with Gasteiger partial charge in [0.2, 0.25) is 0 Å². The summed E-state index contributed by atoms with van der Waals surface area (Å²) in [5.74, 6) is -0.135. The van der Waals surface area contributed by atoms with E-state index in [1.807, 2.05) is 20.8 Å². The van der Waals surface area contributed by atoms with Gasteiger partial charge < -0.3 is 10.6 Å². The van der Waals surface area contributed by atoms with Crippen LogP contribution in [0.5, 0.6) is 0 Å². The average Bonchev–Trinajstić information content (AvgIpc) is 2.50. The highest BCUT2D eigenvalue weighted by molar-refractivity contribution is 7.18. The molecular formula is C13H20N2O2S. The predicted molar refractivity (Wildman–Crippen MR) is 75.3 cm³/mol. The Labute approximate surface area is 112 Å². The molecule has 1 amide bonds. The number of Topliss-reactive ketones (excluding diaryl/α,β-unsaturated/α-hetero) is 1. The topological polar surface area (TPSA) is 63.4 Å². The normalized spacial score (nSPS) is 11.4. The molecule has 0 unspecified atom stereocenters. The van der Waals surface area contributed by atoms with Crippen LogP contribution in [-0.4, -0.2) is 30.7 Å². The van der Waals surface area contributed by atoms with E-state index in [2.05, 4.69) is 0 Å². The number of nitrogens with zero attached hydrogens (tertiary/aromatic N) is 1. The van der Waals surface area contributed by atoms with Crippen molar-refractivity contribution in [3.63, 3.8) is 0 Å². The summed E-state index contributed by atoms with van der Waals surface area (Å²) in [4.78, 5) is 26.3. The van der Waals surface area contributed by atoms with Gasteiger partial charge in [-0.05, 0) is 12.5 Å². The first-order valence-corrected chi connectivity index (χ1v) is 6.54. The smallest absolute Gasteiger partial charge is 0.263 e. The number of hydrogen-bond donors (Lipinski definition) is 1. The van der Waals surface area contributed by atoms with Crippen LogP contribution in [0.2, 0.25) is 0 Å². The lowest BCUT2D eigenvalue weighted by atomic mass is 9.85. The van der Waals surface area contributed by atoms with Crippen molar-refractivity contribution in [2.24, 2.45) is 5.41 Å². The third-order valence-electron chi connectivity index (χ3n) is 2.68. The van der Waals surface area contributed by atoms with Crippen LogP contribution in [0.15, 0.2) is 0 Å². The molecule has 0 aromatic carbocycles. The van der Waals surface area contributed by atoms with Gasteiger partial charge in [-0.2, -0.15) is 0 Å². The first kappa shape index (κ1) is 14.7. The maximum absolute atomic E-state index is 12.3. The Balaban J connectivity index is 3.34. The largest absolute Gasteiger partial charge is 0.390 e. The number of thiophene rings is 1. The zero-order chi connectivity index (χ0) is 14.2. The van der Waals surface area contributed by atoms with Gasteiger partial charge in [0, 0.05) is 19.5 Å². The molecule has 0 spiro atoms. The van der Waals surface area contributed by atoms with Gasteiger partial charge >= 0.3 is 0 Å². The summed E-state index contributed by atoms with van der Waals surface area (Å²) in [6.07, 6.45) is 0. The van der Waals surface area contributed by atoms with E-state index in [1.54, 1.807) is 21.0 Å². The molecule has 1 heterocycles. The Morgan fingerprint density at radius 1 is 1.22 bits per heavy atom. The molecule has 1 aromatic rings. The number of nitrogen functional groups attached to an aromatic ring is 1. The van der Waals surface area contributed by atoms with Crippen LogP contribution >= 0.6 is 11.3 Å². The van der Waals surface area contributed by atoms with Crippen molar-refractivity contribution >= 4 is 28.0 Å². The number of carbonyl (C=O) groups is 2. The van der Waals surface area contributed by atoms with Crippen LogP contribution in [0.3, 0.4) is 0 Å². The first-order chi connectivity index (χ1) is 8.07. The van der Waals surface area contributed by atoms with Gasteiger partial charge in [-0.1, -0.05) is 20.8 Å². The second kappa shape index (κ2) is 4.72. The Hall–Kier alpha value is -1.36. The summed E-state index contributed by atoms with van der Waals surface area (Å²) in [6, 6.07) is 0. The van der Waals surface area contributed by atoms with Gasteiger partial charge in [0.05, 0.1) is 15.4 Å². The fraction of sp³-hybridized carbons (Fsp3) is 0.538. The minimum absolute atomic E-state index is 0.0217. The van der Waals surface area contributed by atoms with Crippen molar-refractivity contribution in [3.8, 4) is 0 Å². The quantitative estimate of drug-likeness (QED) is 0.838. The predicted octanol–water partition coefficient (Wildman–Crippen LogP) is 2.57. The van der Waals surface area contributed by atoms with E-state index in [-0.39, 0.29) is 11.7 Å². The Morgan fingerprint density at radius 2 is 1.72 bits per heavy atom. The molecule has 0 saturated carbocycles. The average molecular weight is 268 g/mol. The van der Waals surface area contributed by atoms with Crippen molar-refractivity contribution in [1.29, 1.82) is 0 Å². The molecule has 5 heteroatoms. The molecule has 0 bridgehead atoms. The second-order valence-electron chi connectivity index (χ2n) is 5.57. The highest BCUT2D eigenvalue weighted by Gasteiger charge is 2.30. The molecule has 0 saturated heterocycles. The summed E-state index contributed by atoms with van der Waals surface area (Å²) in [5.41, 5.74) is 6.59. The van der Waals surface area contributed by atoms with Crippen LogP contribution in [0, 0.1) is 12.3 Å². The van der Waals surface area contributed by atoms with Gasteiger partial charge in [0.25, 0.3) is 5.91 Å². The third-order valence-corrected chi connectivity index (χ3v) is 3.79. The van der Waals surface area contributed by atoms with Crippen LogP contribution in [0.25, 0.3) is 0 Å². The number of rotatable bonds is 2. The molecule has 0 radical (unpaired) electrons. The summed E-state index contributed by atoms with van der Waals surface area (Å²) in [7, 11) is 3.37. The lowest BCUT2D eigenvalue weighted by Gasteiger charge is -2.17. The summed E-state index contributed by atoms with van der Waals surface area (Å²) < 4.78 is 0. The number of amides is 1. The monoisotopic (exact) mass is 268 g/mol. The minimum Gasteiger partial charge on any atom is -0.390 e. The van der Waals surface area contributed by atoms with E-state index in [9.17, 15) is 9.59 Å². The minimum atomic E-state index is -0.502. The van der Waals surface area contributed by atoms with Crippen molar-refractivity contribution in [2.75, 3.05) is 19.8 Å². The fourth-order valence-corrected chi connectivity index (χ4v) is 2.69. The number of ketones is 1. The van der Waals surface area contributed by atoms with Crippen molar-refractivity contribution in [3.05, 3.63) is 16.0 Å². The number of carbonyl (C=O) groups excluding carboxylic acids is 2. The molecule has 4 nitrogen and oxygen atoms in total. The highest BCUT2D eigenvalue weighted by atomic mass is 32.1. The number of anilines is 1.